The van der Waals surface area contributed by atoms with E-state index in [2.05, 4.69) is 9.88 Å². The highest BCUT2D eigenvalue weighted by atomic mass is 32.2. The van der Waals surface area contributed by atoms with Crippen molar-refractivity contribution in [2.45, 2.75) is 6.92 Å². The fraction of sp³-hybridized carbons (Fsp3) is 0.455. The summed E-state index contributed by atoms with van der Waals surface area (Å²) in [6, 6.07) is 11.0. The highest BCUT2D eigenvalue weighted by Crippen LogP contribution is 2.18. The average Bonchev–Trinajstić information content (AvgIpc) is 2.79. The molecular weight excluding hydrogens is 430 g/mol. The van der Waals surface area contributed by atoms with Crippen LogP contribution in [0.5, 0.6) is 0 Å². The van der Waals surface area contributed by atoms with Crippen LogP contribution < -0.4 is 5.56 Å². The van der Waals surface area contributed by atoms with Gasteiger partial charge in [0, 0.05) is 58.1 Å². The maximum Gasteiger partial charge on any atom is 0.282 e. The van der Waals surface area contributed by atoms with E-state index in [1.807, 2.05) is 38.2 Å². The van der Waals surface area contributed by atoms with Crippen molar-refractivity contribution in [3.05, 3.63) is 57.9 Å². The number of aromatic nitrogens is 1. The lowest BCUT2D eigenvalue weighted by molar-refractivity contribution is 0.0690. The molecule has 2 saturated heterocycles. The first kappa shape index (κ1) is 22.7. The molecule has 0 unspecified atom stereocenters. The fourth-order valence-electron chi connectivity index (χ4n) is 4.10. The van der Waals surface area contributed by atoms with Crippen LogP contribution in [0.2, 0.25) is 0 Å². The number of hydrogen-bond acceptors (Lipinski definition) is 5. The average molecular weight is 460 g/mol. The van der Waals surface area contributed by atoms with Gasteiger partial charge in [-0.15, -0.1) is 0 Å². The van der Waals surface area contributed by atoms with Crippen LogP contribution in [0, 0.1) is 6.92 Å². The van der Waals surface area contributed by atoms with Crippen LogP contribution in [0.25, 0.3) is 11.3 Å². The van der Waals surface area contributed by atoms with E-state index < -0.39 is 15.8 Å². The summed E-state index contributed by atoms with van der Waals surface area (Å²) in [5.41, 5.74) is 2.23. The fourth-order valence-corrected chi connectivity index (χ4v) is 5.67. The molecule has 2 fully saturated rings. The summed E-state index contributed by atoms with van der Waals surface area (Å²) in [7, 11) is -1.56. The highest BCUT2D eigenvalue weighted by molar-refractivity contribution is 7.86. The number of benzene rings is 1. The van der Waals surface area contributed by atoms with Gasteiger partial charge in [0.25, 0.3) is 21.7 Å². The van der Waals surface area contributed by atoms with Gasteiger partial charge in [-0.25, -0.2) is 0 Å². The predicted octanol–water partition coefficient (Wildman–Crippen LogP) is 0.600. The zero-order valence-corrected chi connectivity index (χ0v) is 19.3. The molecule has 10 heteroatoms. The number of aryl methyl sites for hydroxylation is 1. The van der Waals surface area contributed by atoms with Gasteiger partial charge in [0.1, 0.15) is 5.56 Å². The van der Waals surface area contributed by atoms with E-state index in [1.54, 1.807) is 17.0 Å². The van der Waals surface area contributed by atoms with Gasteiger partial charge >= 0.3 is 0 Å². The van der Waals surface area contributed by atoms with E-state index in [0.29, 0.717) is 31.9 Å². The van der Waals surface area contributed by atoms with Gasteiger partial charge < -0.3 is 14.8 Å². The Labute approximate surface area is 188 Å². The number of amides is 1. The molecular formula is C22H29N5O4S. The first-order chi connectivity index (χ1) is 15.3. The van der Waals surface area contributed by atoms with Crippen molar-refractivity contribution in [2.75, 3.05) is 59.4 Å². The summed E-state index contributed by atoms with van der Waals surface area (Å²) in [6.07, 6.45) is 0. The lowest BCUT2D eigenvalue weighted by Gasteiger charge is -2.39. The Morgan fingerprint density at radius 1 is 0.906 bits per heavy atom. The SMILES string of the molecule is Cc1cccc(-c2ccc(C(=O)N3CCN(S(=O)(=O)N4CCN(C)CC4)CC3)c(=O)[nH]2)c1. The lowest BCUT2D eigenvalue weighted by Crippen LogP contribution is -2.57. The van der Waals surface area contributed by atoms with Gasteiger partial charge in [-0.3, -0.25) is 9.59 Å². The molecule has 2 aliphatic rings. The molecule has 172 valence electrons. The van der Waals surface area contributed by atoms with Gasteiger partial charge in [-0.2, -0.15) is 17.0 Å². The molecule has 1 aromatic carbocycles. The van der Waals surface area contributed by atoms with Crippen LogP contribution in [0.1, 0.15) is 15.9 Å². The Morgan fingerprint density at radius 3 is 2.12 bits per heavy atom. The molecule has 1 N–H and O–H groups in total. The number of nitrogens with zero attached hydrogens (tertiary/aromatic N) is 4. The molecule has 0 saturated carbocycles. The molecule has 9 nitrogen and oxygen atoms in total. The molecule has 2 aliphatic heterocycles. The standard InChI is InChI=1S/C22H29N5O4S/c1-17-4-3-5-18(16-17)20-7-6-19(21(28)23-20)22(29)25-10-14-27(15-11-25)32(30,31)26-12-8-24(2)9-13-26/h3-7,16H,8-15H2,1-2H3,(H,23,28). The summed E-state index contributed by atoms with van der Waals surface area (Å²) in [6.45, 7) is 5.29. The summed E-state index contributed by atoms with van der Waals surface area (Å²) >= 11 is 0. The van der Waals surface area contributed by atoms with Gasteiger partial charge in [0.2, 0.25) is 0 Å². The number of carbonyl (C=O) groups excluding carboxylic acids is 1. The number of pyridine rings is 1. The third-order valence-corrected chi connectivity index (χ3v) is 8.15. The molecule has 1 amide bonds. The molecule has 0 atom stereocenters. The molecule has 4 rings (SSSR count). The number of H-pyrrole nitrogens is 1. The predicted molar refractivity (Wildman–Crippen MR) is 123 cm³/mol. The van der Waals surface area contributed by atoms with E-state index in [0.717, 1.165) is 11.1 Å². The Kier molecular flexibility index (Phi) is 6.47. The summed E-state index contributed by atoms with van der Waals surface area (Å²) in [5.74, 6) is -0.376. The molecule has 0 radical (unpaired) electrons. The number of likely N-dealkylation sites (N-methyl/N-ethyl adjacent to an activating group) is 1. The number of piperazine rings is 2. The van der Waals surface area contributed by atoms with Crippen LogP contribution in [0.3, 0.4) is 0 Å². The number of rotatable bonds is 4. The molecule has 1 aromatic heterocycles. The minimum Gasteiger partial charge on any atom is -0.336 e. The molecule has 0 aliphatic carbocycles. The van der Waals surface area contributed by atoms with Crippen LogP contribution in [-0.4, -0.2) is 97.1 Å². The molecule has 2 aromatic rings. The van der Waals surface area contributed by atoms with Crippen molar-refractivity contribution in [2.24, 2.45) is 0 Å². The zero-order chi connectivity index (χ0) is 22.9. The second-order valence-corrected chi connectivity index (χ2v) is 10.3. The first-order valence-electron chi connectivity index (χ1n) is 10.8. The van der Waals surface area contributed by atoms with Crippen LogP contribution in [0.4, 0.5) is 0 Å². The zero-order valence-electron chi connectivity index (χ0n) is 18.5. The maximum absolute atomic E-state index is 12.9. The Hall–Kier alpha value is -2.53. The third kappa shape index (κ3) is 4.63. The largest absolute Gasteiger partial charge is 0.336 e. The molecule has 0 spiro atoms. The van der Waals surface area contributed by atoms with E-state index in [4.69, 9.17) is 0 Å². The Morgan fingerprint density at radius 2 is 1.53 bits per heavy atom. The van der Waals surface area contributed by atoms with Crippen molar-refractivity contribution in [1.82, 2.24) is 23.4 Å². The quantitative estimate of drug-likeness (QED) is 0.722. The minimum absolute atomic E-state index is 0.0665. The molecule has 3 heterocycles. The minimum atomic E-state index is -3.54. The lowest BCUT2D eigenvalue weighted by atomic mass is 10.1. The topological polar surface area (TPSA) is 97.0 Å². The van der Waals surface area contributed by atoms with E-state index in [-0.39, 0.29) is 37.6 Å². The van der Waals surface area contributed by atoms with Gasteiger partial charge in [-0.05, 0) is 37.7 Å². The Balaban J connectivity index is 1.42. The van der Waals surface area contributed by atoms with Crippen molar-refractivity contribution >= 4 is 16.1 Å². The van der Waals surface area contributed by atoms with Crippen molar-refractivity contribution in [3.8, 4) is 11.3 Å². The normalized spacial score (nSPS) is 19.2. The smallest absolute Gasteiger partial charge is 0.282 e. The van der Waals surface area contributed by atoms with Gasteiger partial charge in [-0.1, -0.05) is 23.8 Å². The van der Waals surface area contributed by atoms with Gasteiger partial charge in [0.05, 0.1) is 0 Å². The maximum atomic E-state index is 12.9. The number of carbonyl (C=O) groups is 1. The Bertz CT molecular complexity index is 1150. The van der Waals surface area contributed by atoms with Crippen molar-refractivity contribution < 1.29 is 13.2 Å². The third-order valence-electron chi connectivity index (χ3n) is 6.11. The number of aromatic amines is 1. The highest BCUT2D eigenvalue weighted by Gasteiger charge is 2.35. The van der Waals surface area contributed by atoms with Crippen LogP contribution in [0.15, 0.2) is 41.2 Å². The summed E-state index contributed by atoms with van der Waals surface area (Å²) in [5, 5.41) is 0. The molecule has 32 heavy (non-hydrogen) atoms. The molecule has 0 bridgehead atoms. The van der Waals surface area contributed by atoms with E-state index in [1.165, 1.54) is 8.61 Å². The van der Waals surface area contributed by atoms with Crippen molar-refractivity contribution in [3.63, 3.8) is 0 Å². The second-order valence-electron chi connectivity index (χ2n) is 8.39. The first-order valence-corrected chi connectivity index (χ1v) is 12.2. The van der Waals surface area contributed by atoms with Crippen molar-refractivity contribution in [1.29, 1.82) is 0 Å². The van der Waals surface area contributed by atoms with Crippen LogP contribution in [-0.2, 0) is 10.2 Å². The van der Waals surface area contributed by atoms with Crippen LogP contribution >= 0.6 is 0 Å². The number of nitrogens with one attached hydrogen (secondary N) is 1. The monoisotopic (exact) mass is 459 g/mol. The van der Waals surface area contributed by atoms with Gasteiger partial charge in [0.15, 0.2) is 0 Å². The second kappa shape index (κ2) is 9.14. The van der Waals surface area contributed by atoms with E-state index in [9.17, 15) is 18.0 Å². The summed E-state index contributed by atoms with van der Waals surface area (Å²) in [4.78, 5) is 32.0. The number of hydrogen-bond donors (Lipinski definition) is 1. The summed E-state index contributed by atoms with van der Waals surface area (Å²) < 4.78 is 28.8. The van der Waals surface area contributed by atoms with E-state index >= 15 is 0 Å².